The Morgan fingerprint density at radius 2 is 1.71 bits per heavy atom. The van der Waals surface area contributed by atoms with Crippen LogP contribution >= 0.6 is 0 Å². The van der Waals surface area contributed by atoms with E-state index < -0.39 is 5.78 Å². The SMILES string of the molecule is O=C(c1cc(Cc2ccccc2)cc(Cn2cnccc2=O)c1)c1ncc2cccnc2c1O. The highest BCUT2D eigenvalue weighted by Gasteiger charge is 2.19. The molecule has 0 unspecified atom stereocenters. The van der Waals surface area contributed by atoms with E-state index in [4.69, 9.17) is 0 Å². The van der Waals surface area contributed by atoms with Crippen molar-refractivity contribution in [3.8, 4) is 5.75 Å². The van der Waals surface area contributed by atoms with E-state index in [0.29, 0.717) is 22.9 Å². The number of aromatic nitrogens is 4. The molecule has 34 heavy (non-hydrogen) atoms. The molecule has 0 aliphatic carbocycles. The van der Waals surface area contributed by atoms with Gasteiger partial charge in [0.15, 0.2) is 11.4 Å². The second-order valence-corrected chi connectivity index (χ2v) is 7.97. The van der Waals surface area contributed by atoms with Crippen molar-refractivity contribution in [3.05, 3.63) is 130 Å². The quantitative estimate of drug-likeness (QED) is 0.397. The lowest BCUT2D eigenvalue weighted by atomic mass is 9.96. The van der Waals surface area contributed by atoms with Crippen LogP contribution in [0, 0.1) is 0 Å². The molecular weight excluding hydrogens is 428 g/mol. The number of hydrogen-bond acceptors (Lipinski definition) is 6. The van der Waals surface area contributed by atoms with Crippen LogP contribution in [0.15, 0.2) is 96.4 Å². The van der Waals surface area contributed by atoms with E-state index in [9.17, 15) is 14.7 Å². The van der Waals surface area contributed by atoms with Crippen LogP contribution in [0.25, 0.3) is 10.9 Å². The second kappa shape index (κ2) is 9.07. The maximum atomic E-state index is 13.5. The summed E-state index contributed by atoms with van der Waals surface area (Å²) in [7, 11) is 0. The monoisotopic (exact) mass is 448 g/mol. The minimum Gasteiger partial charge on any atom is -0.504 e. The largest absolute Gasteiger partial charge is 0.504 e. The van der Waals surface area contributed by atoms with E-state index in [-0.39, 0.29) is 23.5 Å². The van der Waals surface area contributed by atoms with Gasteiger partial charge in [0, 0.05) is 35.6 Å². The zero-order valence-corrected chi connectivity index (χ0v) is 18.1. The van der Waals surface area contributed by atoms with Crippen LogP contribution in [0.1, 0.15) is 32.7 Å². The summed E-state index contributed by atoms with van der Waals surface area (Å²) in [6.07, 6.45) is 6.60. The van der Waals surface area contributed by atoms with Crippen molar-refractivity contribution in [2.24, 2.45) is 0 Å². The molecule has 0 saturated heterocycles. The molecule has 7 heteroatoms. The molecule has 166 valence electrons. The predicted octanol–water partition coefficient (Wildman–Crippen LogP) is 3.76. The van der Waals surface area contributed by atoms with Gasteiger partial charge in [0.05, 0.1) is 12.9 Å². The molecule has 0 aliphatic heterocycles. The Labute approximate surface area is 195 Å². The minimum absolute atomic E-state index is 0.0624. The molecule has 0 bridgehead atoms. The van der Waals surface area contributed by atoms with Crippen molar-refractivity contribution < 1.29 is 9.90 Å². The number of rotatable bonds is 6. The third kappa shape index (κ3) is 4.31. The molecule has 0 radical (unpaired) electrons. The number of ketones is 1. The first-order chi connectivity index (χ1) is 16.6. The molecule has 3 aromatic heterocycles. The fourth-order valence-electron chi connectivity index (χ4n) is 3.94. The van der Waals surface area contributed by atoms with Gasteiger partial charge in [-0.3, -0.25) is 19.1 Å². The van der Waals surface area contributed by atoms with E-state index in [0.717, 1.165) is 16.7 Å². The Bertz CT molecular complexity index is 1560. The molecule has 0 atom stereocenters. The van der Waals surface area contributed by atoms with Gasteiger partial charge in [0.25, 0.3) is 5.56 Å². The van der Waals surface area contributed by atoms with Crippen molar-refractivity contribution in [2.75, 3.05) is 0 Å². The van der Waals surface area contributed by atoms with Crippen LogP contribution < -0.4 is 5.56 Å². The molecule has 5 rings (SSSR count). The van der Waals surface area contributed by atoms with E-state index in [1.807, 2.05) is 36.4 Å². The van der Waals surface area contributed by atoms with E-state index in [2.05, 4.69) is 15.0 Å². The van der Waals surface area contributed by atoms with E-state index >= 15 is 0 Å². The fourth-order valence-corrected chi connectivity index (χ4v) is 3.94. The average Bonchev–Trinajstić information content (AvgIpc) is 2.86. The Kier molecular flexibility index (Phi) is 5.66. The molecular formula is C27H20N4O3. The van der Waals surface area contributed by atoms with Gasteiger partial charge in [-0.05, 0) is 47.4 Å². The number of nitrogens with zero attached hydrogens (tertiary/aromatic N) is 4. The minimum atomic E-state index is -0.417. The first-order valence-corrected chi connectivity index (χ1v) is 10.7. The van der Waals surface area contributed by atoms with Crippen molar-refractivity contribution in [3.63, 3.8) is 0 Å². The van der Waals surface area contributed by atoms with Crippen molar-refractivity contribution in [1.29, 1.82) is 0 Å². The van der Waals surface area contributed by atoms with Gasteiger partial charge in [-0.2, -0.15) is 0 Å². The topological polar surface area (TPSA) is 98.0 Å². The molecule has 5 aromatic rings. The van der Waals surface area contributed by atoms with Gasteiger partial charge in [-0.1, -0.05) is 36.4 Å². The normalized spacial score (nSPS) is 10.9. The average molecular weight is 448 g/mol. The lowest BCUT2D eigenvalue weighted by Crippen LogP contribution is -2.19. The standard InChI is InChI=1S/C27H20N4O3/c32-23-8-10-28-17-31(23)16-20-12-19(11-18-5-2-1-3-6-18)13-22(14-20)26(33)25-27(34)24-21(15-30-25)7-4-9-29-24/h1-10,12-15,17,34H,11,16H2. The first kappa shape index (κ1) is 21.2. The van der Waals surface area contributed by atoms with Crippen LogP contribution in [-0.2, 0) is 13.0 Å². The van der Waals surface area contributed by atoms with Gasteiger partial charge in [-0.25, -0.2) is 9.97 Å². The highest BCUT2D eigenvalue weighted by atomic mass is 16.3. The molecule has 0 aliphatic rings. The summed E-state index contributed by atoms with van der Waals surface area (Å²) in [6, 6.07) is 20.3. The van der Waals surface area contributed by atoms with Gasteiger partial charge in [0.1, 0.15) is 5.52 Å². The number of hydrogen-bond donors (Lipinski definition) is 1. The molecule has 7 nitrogen and oxygen atoms in total. The number of pyridine rings is 2. The van der Waals surface area contributed by atoms with Gasteiger partial charge < -0.3 is 5.11 Å². The van der Waals surface area contributed by atoms with Crippen LogP contribution in [-0.4, -0.2) is 30.4 Å². The van der Waals surface area contributed by atoms with Crippen molar-refractivity contribution >= 4 is 16.7 Å². The number of carbonyl (C=O) groups excluding carboxylic acids is 1. The Balaban J connectivity index is 1.58. The van der Waals surface area contributed by atoms with E-state index in [1.54, 1.807) is 30.5 Å². The molecule has 0 amide bonds. The number of carbonyl (C=O) groups is 1. The Morgan fingerprint density at radius 3 is 2.53 bits per heavy atom. The van der Waals surface area contributed by atoms with Crippen LogP contribution in [0.5, 0.6) is 5.75 Å². The van der Waals surface area contributed by atoms with Gasteiger partial charge >= 0.3 is 0 Å². The van der Waals surface area contributed by atoms with Crippen molar-refractivity contribution in [2.45, 2.75) is 13.0 Å². The maximum absolute atomic E-state index is 13.5. The zero-order valence-electron chi connectivity index (χ0n) is 18.1. The highest BCUT2D eigenvalue weighted by molar-refractivity contribution is 6.11. The second-order valence-electron chi connectivity index (χ2n) is 7.97. The summed E-state index contributed by atoms with van der Waals surface area (Å²) in [5.74, 6) is -0.665. The summed E-state index contributed by atoms with van der Waals surface area (Å²) in [6.45, 7) is 0.258. The van der Waals surface area contributed by atoms with Gasteiger partial charge in [0.2, 0.25) is 5.78 Å². The summed E-state index contributed by atoms with van der Waals surface area (Å²) < 4.78 is 1.48. The lowest BCUT2D eigenvalue weighted by Gasteiger charge is -2.12. The number of aromatic hydroxyl groups is 1. The van der Waals surface area contributed by atoms with Crippen LogP contribution in [0.2, 0.25) is 0 Å². The summed E-state index contributed by atoms with van der Waals surface area (Å²) in [5, 5.41) is 11.4. The number of benzene rings is 2. The zero-order chi connectivity index (χ0) is 23.5. The third-order valence-corrected chi connectivity index (χ3v) is 5.55. The lowest BCUT2D eigenvalue weighted by molar-refractivity contribution is 0.103. The number of fused-ring (bicyclic) bond motifs is 1. The first-order valence-electron chi connectivity index (χ1n) is 10.7. The third-order valence-electron chi connectivity index (χ3n) is 5.55. The Morgan fingerprint density at radius 1 is 0.882 bits per heavy atom. The predicted molar refractivity (Wildman–Crippen MR) is 128 cm³/mol. The molecule has 1 N–H and O–H groups in total. The van der Waals surface area contributed by atoms with Crippen LogP contribution in [0.3, 0.4) is 0 Å². The fraction of sp³-hybridized carbons (Fsp3) is 0.0741. The van der Waals surface area contributed by atoms with E-state index in [1.165, 1.54) is 29.4 Å². The van der Waals surface area contributed by atoms with Gasteiger partial charge in [-0.15, -0.1) is 0 Å². The maximum Gasteiger partial charge on any atom is 0.253 e. The molecule has 0 saturated carbocycles. The smallest absolute Gasteiger partial charge is 0.253 e. The summed E-state index contributed by atoms with van der Waals surface area (Å²) in [4.78, 5) is 38.1. The van der Waals surface area contributed by atoms with Crippen molar-refractivity contribution in [1.82, 2.24) is 19.5 Å². The molecule has 0 fully saturated rings. The summed E-state index contributed by atoms with van der Waals surface area (Å²) >= 11 is 0. The molecule has 0 spiro atoms. The van der Waals surface area contributed by atoms with Crippen LogP contribution in [0.4, 0.5) is 0 Å². The molecule has 2 aromatic carbocycles. The highest BCUT2D eigenvalue weighted by Crippen LogP contribution is 2.27. The molecule has 3 heterocycles. The summed E-state index contributed by atoms with van der Waals surface area (Å²) in [5.41, 5.74) is 3.21. The Hall–Kier alpha value is -4.65.